The summed E-state index contributed by atoms with van der Waals surface area (Å²) in [6.45, 7) is 4.09. The predicted molar refractivity (Wildman–Crippen MR) is 81.9 cm³/mol. The van der Waals surface area contributed by atoms with Gasteiger partial charge in [-0.15, -0.1) is 10.2 Å². The number of nitrogens with zero attached hydrogens (tertiary/aromatic N) is 3. The first kappa shape index (κ1) is 13.8. The van der Waals surface area contributed by atoms with Crippen LogP contribution in [0.3, 0.4) is 0 Å². The highest BCUT2D eigenvalue weighted by molar-refractivity contribution is 7.15. The van der Waals surface area contributed by atoms with Gasteiger partial charge in [-0.3, -0.25) is 0 Å². The lowest BCUT2D eigenvalue weighted by molar-refractivity contribution is 0.710. The van der Waals surface area contributed by atoms with Crippen LogP contribution in [-0.2, 0) is 6.54 Å². The van der Waals surface area contributed by atoms with E-state index in [1.54, 1.807) is 11.3 Å². The summed E-state index contributed by atoms with van der Waals surface area (Å²) in [5, 5.41) is 13.3. The zero-order valence-corrected chi connectivity index (χ0v) is 12.3. The lowest BCUT2D eigenvalue weighted by Crippen LogP contribution is -2.23. The Morgan fingerprint density at radius 2 is 2.00 bits per heavy atom. The first-order valence-corrected chi connectivity index (χ1v) is 7.45. The van der Waals surface area contributed by atoms with Gasteiger partial charge in [-0.1, -0.05) is 42.9 Å². The van der Waals surface area contributed by atoms with Crippen molar-refractivity contribution in [3.63, 3.8) is 0 Å². The molecule has 0 aliphatic rings. The highest BCUT2D eigenvalue weighted by Gasteiger charge is 2.10. The number of benzene rings is 1. The van der Waals surface area contributed by atoms with Crippen LogP contribution >= 0.6 is 11.3 Å². The minimum absolute atomic E-state index is 0.823. The van der Waals surface area contributed by atoms with Gasteiger partial charge in [0.1, 0.15) is 5.01 Å². The first-order chi connectivity index (χ1) is 9.33. The van der Waals surface area contributed by atoms with Crippen molar-refractivity contribution >= 4 is 22.2 Å². The number of hydrogen-bond acceptors (Lipinski definition) is 5. The molecule has 0 amide bonds. The Balaban J connectivity index is 2.09. The summed E-state index contributed by atoms with van der Waals surface area (Å²) in [4.78, 5) is 2.36. The van der Waals surface area contributed by atoms with Crippen molar-refractivity contribution in [2.75, 3.05) is 23.8 Å². The Hall–Kier alpha value is -1.62. The molecule has 0 spiro atoms. The number of unbranched alkanes of at least 4 members (excludes halogenated alkanes) is 1. The topological polar surface area (TPSA) is 41.1 Å². The summed E-state index contributed by atoms with van der Waals surface area (Å²) in [6, 6.07) is 10.5. The minimum atomic E-state index is 0.823. The Morgan fingerprint density at radius 3 is 2.63 bits per heavy atom. The van der Waals surface area contributed by atoms with Gasteiger partial charge >= 0.3 is 0 Å². The molecule has 0 bridgehead atoms. The molecule has 0 radical (unpaired) electrons. The van der Waals surface area contributed by atoms with Crippen molar-refractivity contribution in [2.45, 2.75) is 26.3 Å². The summed E-state index contributed by atoms with van der Waals surface area (Å²) in [6.07, 6.45) is 2.38. The average Bonchev–Trinajstić information content (AvgIpc) is 2.92. The van der Waals surface area contributed by atoms with E-state index in [0.717, 1.165) is 23.2 Å². The van der Waals surface area contributed by atoms with E-state index in [-0.39, 0.29) is 0 Å². The maximum Gasteiger partial charge on any atom is 0.205 e. The minimum Gasteiger partial charge on any atom is -0.365 e. The van der Waals surface area contributed by atoms with Gasteiger partial charge in [0.05, 0.1) is 6.54 Å². The third kappa shape index (κ3) is 3.92. The van der Waals surface area contributed by atoms with Crippen molar-refractivity contribution < 1.29 is 0 Å². The van der Waals surface area contributed by atoms with Gasteiger partial charge in [0.2, 0.25) is 5.13 Å². The van der Waals surface area contributed by atoms with E-state index in [1.165, 1.54) is 18.5 Å². The second kappa shape index (κ2) is 7.09. The molecule has 2 aromatic rings. The van der Waals surface area contributed by atoms with E-state index in [0.29, 0.717) is 0 Å². The van der Waals surface area contributed by atoms with Crippen LogP contribution < -0.4 is 10.2 Å². The van der Waals surface area contributed by atoms with E-state index in [2.05, 4.69) is 51.6 Å². The van der Waals surface area contributed by atoms with Crippen LogP contribution in [0, 0.1) is 0 Å². The molecule has 19 heavy (non-hydrogen) atoms. The predicted octanol–water partition coefficient (Wildman–Crippen LogP) is 3.39. The fourth-order valence-corrected chi connectivity index (χ4v) is 2.58. The Bertz CT molecular complexity index is 483. The van der Waals surface area contributed by atoms with Crippen LogP contribution in [0.5, 0.6) is 0 Å². The normalized spacial score (nSPS) is 10.4. The van der Waals surface area contributed by atoms with Gasteiger partial charge < -0.3 is 10.2 Å². The first-order valence-electron chi connectivity index (χ1n) is 6.63. The zero-order chi connectivity index (χ0) is 13.5. The molecule has 0 fully saturated rings. The average molecular weight is 276 g/mol. The zero-order valence-electron chi connectivity index (χ0n) is 11.5. The van der Waals surface area contributed by atoms with Crippen LogP contribution in [0.4, 0.5) is 10.8 Å². The van der Waals surface area contributed by atoms with Crippen LogP contribution in [0.25, 0.3) is 0 Å². The van der Waals surface area contributed by atoms with Gasteiger partial charge in [-0.2, -0.15) is 0 Å². The van der Waals surface area contributed by atoms with Gasteiger partial charge in [-0.25, -0.2) is 0 Å². The second-order valence-electron chi connectivity index (χ2n) is 4.36. The fourth-order valence-electron chi connectivity index (χ4n) is 1.87. The number of hydrogen-bond donors (Lipinski definition) is 1. The van der Waals surface area contributed by atoms with Gasteiger partial charge in [-0.05, 0) is 18.6 Å². The monoisotopic (exact) mass is 276 g/mol. The summed E-state index contributed by atoms with van der Waals surface area (Å²) in [5.74, 6) is 0. The molecule has 0 saturated heterocycles. The molecule has 0 aliphatic heterocycles. The molecule has 0 atom stereocenters. The van der Waals surface area contributed by atoms with Gasteiger partial charge in [0.25, 0.3) is 0 Å². The highest BCUT2D eigenvalue weighted by atomic mass is 32.1. The largest absolute Gasteiger partial charge is 0.365 e. The molecular weight excluding hydrogens is 256 g/mol. The smallest absolute Gasteiger partial charge is 0.205 e. The molecule has 1 N–H and O–H groups in total. The van der Waals surface area contributed by atoms with E-state index in [4.69, 9.17) is 0 Å². The van der Waals surface area contributed by atoms with Crippen molar-refractivity contribution in [3.8, 4) is 0 Å². The Morgan fingerprint density at radius 1 is 1.21 bits per heavy atom. The maximum absolute atomic E-state index is 4.22. The molecule has 102 valence electrons. The van der Waals surface area contributed by atoms with Crippen LogP contribution in [0.1, 0.15) is 24.8 Å². The second-order valence-corrected chi connectivity index (χ2v) is 5.42. The standard InChI is InChI=1S/C14H20N4S/c1-3-4-10-18(12-8-6-5-7-9-12)11-13-16-17-14(15-2)19-13/h5-9H,3-4,10-11H2,1-2H3,(H,15,17). The Kier molecular flexibility index (Phi) is 5.15. The van der Waals surface area contributed by atoms with E-state index in [9.17, 15) is 0 Å². The van der Waals surface area contributed by atoms with E-state index in [1.807, 2.05) is 13.1 Å². The third-order valence-electron chi connectivity index (χ3n) is 2.91. The summed E-state index contributed by atoms with van der Waals surface area (Å²) in [7, 11) is 1.87. The SMILES string of the molecule is CCCCN(Cc1nnc(NC)s1)c1ccccc1. The maximum atomic E-state index is 4.22. The van der Waals surface area contributed by atoms with Gasteiger partial charge in [0.15, 0.2) is 0 Å². The Labute approximate surface area is 118 Å². The van der Waals surface area contributed by atoms with Crippen LogP contribution in [-0.4, -0.2) is 23.8 Å². The van der Waals surface area contributed by atoms with Crippen LogP contribution in [0.2, 0.25) is 0 Å². The molecule has 1 aromatic carbocycles. The lowest BCUT2D eigenvalue weighted by atomic mass is 10.2. The molecule has 1 heterocycles. The summed E-state index contributed by atoms with van der Waals surface area (Å²) in [5.41, 5.74) is 1.25. The van der Waals surface area contributed by atoms with Gasteiger partial charge in [0, 0.05) is 19.3 Å². The molecule has 0 unspecified atom stereocenters. The van der Waals surface area contributed by atoms with Crippen molar-refractivity contribution in [1.82, 2.24) is 10.2 Å². The van der Waals surface area contributed by atoms with E-state index >= 15 is 0 Å². The van der Waals surface area contributed by atoms with Crippen molar-refractivity contribution in [1.29, 1.82) is 0 Å². The molecular formula is C14H20N4S. The number of para-hydroxylation sites is 1. The van der Waals surface area contributed by atoms with Crippen molar-refractivity contribution in [3.05, 3.63) is 35.3 Å². The number of anilines is 2. The number of aromatic nitrogens is 2. The highest BCUT2D eigenvalue weighted by Crippen LogP contribution is 2.21. The quantitative estimate of drug-likeness (QED) is 0.841. The summed E-state index contributed by atoms with van der Waals surface area (Å²) < 4.78 is 0. The fraction of sp³-hybridized carbons (Fsp3) is 0.429. The summed E-state index contributed by atoms with van der Waals surface area (Å²) >= 11 is 1.61. The lowest BCUT2D eigenvalue weighted by Gasteiger charge is -2.23. The molecule has 0 aliphatic carbocycles. The third-order valence-corrected chi connectivity index (χ3v) is 3.84. The molecule has 0 saturated carbocycles. The van der Waals surface area contributed by atoms with E-state index < -0.39 is 0 Å². The molecule has 4 nitrogen and oxygen atoms in total. The number of rotatable bonds is 7. The molecule has 1 aromatic heterocycles. The van der Waals surface area contributed by atoms with Crippen molar-refractivity contribution in [2.24, 2.45) is 0 Å². The molecule has 5 heteroatoms. The number of nitrogens with one attached hydrogen (secondary N) is 1. The molecule has 2 rings (SSSR count). The van der Waals surface area contributed by atoms with Crippen LogP contribution in [0.15, 0.2) is 30.3 Å².